The fourth-order valence-corrected chi connectivity index (χ4v) is 1.55. The smallest absolute Gasteiger partial charge is 0.119 e. The number of hydrogen-bond donors (Lipinski definition) is 1. The van der Waals surface area contributed by atoms with Crippen molar-refractivity contribution in [3.8, 4) is 16.9 Å². The molecule has 2 rings (SSSR count). The maximum absolute atomic E-state index is 5.56. The number of rotatable bonds is 5. The van der Waals surface area contributed by atoms with Crippen LogP contribution in [0.15, 0.2) is 48.8 Å². The Bertz CT molecular complexity index is 440. The van der Waals surface area contributed by atoms with Gasteiger partial charge in [0.1, 0.15) is 12.4 Å². The summed E-state index contributed by atoms with van der Waals surface area (Å²) in [6, 6.07) is 12.0. The van der Waals surface area contributed by atoms with E-state index in [1.807, 2.05) is 49.6 Å². The van der Waals surface area contributed by atoms with Gasteiger partial charge in [0, 0.05) is 18.9 Å². The van der Waals surface area contributed by atoms with Gasteiger partial charge in [0.2, 0.25) is 0 Å². The average Bonchev–Trinajstić information content (AvgIpc) is 2.41. The molecule has 1 N–H and O–H groups in total. The van der Waals surface area contributed by atoms with E-state index in [1.54, 1.807) is 6.20 Å². The third-order valence-corrected chi connectivity index (χ3v) is 2.47. The van der Waals surface area contributed by atoms with Gasteiger partial charge in [-0.1, -0.05) is 18.2 Å². The normalized spacial score (nSPS) is 10.2. The summed E-state index contributed by atoms with van der Waals surface area (Å²) in [6.45, 7) is 1.53. The Morgan fingerprint density at radius 3 is 2.59 bits per heavy atom. The van der Waals surface area contributed by atoms with E-state index in [9.17, 15) is 0 Å². The first-order chi connectivity index (χ1) is 8.40. The van der Waals surface area contributed by atoms with E-state index in [1.165, 1.54) is 0 Å². The second kappa shape index (κ2) is 6.01. The predicted octanol–water partition coefficient (Wildman–Crippen LogP) is 2.35. The monoisotopic (exact) mass is 228 g/mol. The van der Waals surface area contributed by atoms with Gasteiger partial charge in [0.25, 0.3) is 0 Å². The predicted molar refractivity (Wildman–Crippen MR) is 69.1 cm³/mol. The number of benzene rings is 1. The zero-order valence-electron chi connectivity index (χ0n) is 9.89. The molecule has 0 fully saturated rings. The second-order valence-corrected chi connectivity index (χ2v) is 3.72. The van der Waals surface area contributed by atoms with E-state index in [0.717, 1.165) is 23.4 Å². The van der Waals surface area contributed by atoms with Gasteiger partial charge < -0.3 is 10.1 Å². The third-order valence-electron chi connectivity index (χ3n) is 2.47. The molecule has 1 aromatic carbocycles. The van der Waals surface area contributed by atoms with Gasteiger partial charge in [0.15, 0.2) is 0 Å². The number of aromatic nitrogens is 1. The van der Waals surface area contributed by atoms with Gasteiger partial charge in [-0.05, 0) is 36.4 Å². The summed E-state index contributed by atoms with van der Waals surface area (Å²) < 4.78 is 5.56. The zero-order valence-corrected chi connectivity index (χ0v) is 9.89. The quantitative estimate of drug-likeness (QED) is 0.798. The molecule has 1 aromatic heterocycles. The fraction of sp³-hybridized carbons (Fsp3) is 0.214. The first-order valence-electron chi connectivity index (χ1n) is 5.68. The van der Waals surface area contributed by atoms with Crippen molar-refractivity contribution in [1.82, 2.24) is 10.3 Å². The highest BCUT2D eigenvalue weighted by Crippen LogP contribution is 2.21. The molecule has 0 atom stereocenters. The Hall–Kier alpha value is -1.87. The molecule has 17 heavy (non-hydrogen) atoms. The number of nitrogens with one attached hydrogen (secondary N) is 1. The highest BCUT2D eigenvalue weighted by molar-refractivity contribution is 5.62. The molecule has 0 bridgehead atoms. The summed E-state index contributed by atoms with van der Waals surface area (Å²) in [7, 11) is 1.91. The van der Waals surface area contributed by atoms with Crippen LogP contribution in [0, 0.1) is 0 Å². The molecule has 0 amide bonds. The number of likely N-dealkylation sites (N-methyl/N-ethyl adjacent to an activating group) is 1. The summed E-state index contributed by atoms with van der Waals surface area (Å²) >= 11 is 0. The highest BCUT2D eigenvalue weighted by Gasteiger charge is 1.98. The van der Waals surface area contributed by atoms with Crippen LogP contribution in [0.25, 0.3) is 11.1 Å². The van der Waals surface area contributed by atoms with Crippen LogP contribution < -0.4 is 10.1 Å². The SMILES string of the molecule is CNCCOc1ccc(-c2cccnc2)cc1. The largest absolute Gasteiger partial charge is 0.492 e. The molecule has 0 spiro atoms. The van der Waals surface area contributed by atoms with Crippen LogP contribution >= 0.6 is 0 Å². The van der Waals surface area contributed by atoms with E-state index in [-0.39, 0.29) is 0 Å². The lowest BCUT2D eigenvalue weighted by Gasteiger charge is -2.06. The molecule has 0 aliphatic rings. The van der Waals surface area contributed by atoms with E-state index < -0.39 is 0 Å². The van der Waals surface area contributed by atoms with Crippen molar-refractivity contribution >= 4 is 0 Å². The van der Waals surface area contributed by atoms with Crippen molar-refractivity contribution < 1.29 is 4.74 Å². The molecule has 0 saturated heterocycles. The molecule has 0 unspecified atom stereocenters. The molecule has 3 nitrogen and oxygen atoms in total. The van der Waals surface area contributed by atoms with Gasteiger partial charge in [-0.3, -0.25) is 4.98 Å². The first-order valence-corrected chi connectivity index (χ1v) is 5.68. The van der Waals surface area contributed by atoms with Crippen molar-refractivity contribution in [2.75, 3.05) is 20.2 Å². The summed E-state index contributed by atoms with van der Waals surface area (Å²) in [6.07, 6.45) is 3.63. The Morgan fingerprint density at radius 1 is 1.12 bits per heavy atom. The van der Waals surface area contributed by atoms with Crippen LogP contribution in [-0.2, 0) is 0 Å². The lowest BCUT2D eigenvalue weighted by atomic mass is 10.1. The van der Waals surface area contributed by atoms with Crippen molar-refractivity contribution in [2.45, 2.75) is 0 Å². The molecule has 0 radical (unpaired) electrons. The van der Waals surface area contributed by atoms with Crippen LogP contribution in [0.3, 0.4) is 0 Å². The molecular weight excluding hydrogens is 212 g/mol. The molecule has 0 aliphatic heterocycles. The number of pyridine rings is 1. The lowest BCUT2D eigenvalue weighted by Crippen LogP contribution is -2.15. The van der Waals surface area contributed by atoms with Crippen LogP contribution in [-0.4, -0.2) is 25.2 Å². The van der Waals surface area contributed by atoms with E-state index in [2.05, 4.69) is 10.3 Å². The summed E-state index contributed by atoms with van der Waals surface area (Å²) in [4.78, 5) is 4.10. The van der Waals surface area contributed by atoms with Crippen molar-refractivity contribution in [2.24, 2.45) is 0 Å². The van der Waals surface area contributed by atoms with Crippen molar-refractivity contribution in [3.63, 3.8) is 0 Å². The zero-order chi connectivity index (χ0) is 11.9. The topological polar surface area (TPSA) is 34.1 Å². The summed E-state index contributed by atoms with van der Waals surface area (Å²) in [5.41, 5.74) is 2.27. The van der Waals surface area contributed by atoms with Crippen LogP contribution in [0.5, 0.6) is 5.75 Å². The molecular formula is C14H16N2O. The Labute approximate surface area is 101 Å². The van der Waals surface area contributed by atoms with Crippen LogP contribution in [0.4, 0.5) is 0 Å². The summed E-state index contributed by atoms with van der Waals surface area (Å²) in [5, 5.41) is 3.04. The Kier molecular flexibility index (Phi) is 4.11. The molecule has 1 heterocycles. The van der Waals surface area contributed by atoms with Gasteiger partial charge in [-0.15, -0.1) is 0 Å². The Morgan fingerprint density at radius 2 is 1.94 bits per heavy atom. The van der Waals surface area contributed by atoms with E-state index in [0.29, 0.717) is 6.61 Å². The van der Waals surface area contributed by atoms with Gasteiger partial charge in [-0.25, -0.2) is 0 Å². The van der Waals surface area contributed by atoms with Crippen molar-refractivity contribution in [3.05, 3.63) is 48.8 Å². The molecule has 3 heteroatoms. The average molecular weight is 228 g/mol. The summed E-state index contributed by atoms with van der Waals surface area (Å²) in [5.74, 6) is 0.896. The maximum Gasteiger partial charge on any atom is 0.119 e. The molecule has 88 valence electrons. The fourth-order valence-electron chi connectivity index (χ4n) is 1.55. The number of hydrogen-bond acceptors (Lipinski definition) is 3. The Balaban J connectivity index is 2.03. The number of ether oxygens (including phenoxy) is 1. The highest BCUT2D eigenvalue weighted by atomic mass is 16.5. The maximum atomic E-state index is 5.56. The lowest BCUT2D eigenvalue weighted by molar-refractivity contribution is 0.318. The molecule has 2 aromatic rings. The van der Waals surface area contributed by atoms with Crippen molar-refractivity contribution in [1.29, 1.82) is 0 Å². The first kappa shape index (κ1) is 11.6. The minimum Gasteiger partial charge on any atom is -0.492 e. The van der Waals surface area contributed by atoms with Crippen LogP contribution in [0.2, 0.25) is 0 Å². The molecule has 0 saturated carbocycles. The number of nitrogens with zero attached hydrogens (tertiary/aromatic N) is 1. The van der Waals surface area contributed by atoms with Gasteiger partial charge in [0.05, 0.1) is 0 Å². The minimum atomic E-state index is 0.683. The third kappa shape index (κ3) is 3.29. The van der Waals surface area contributed by atoms with Gasteiger partial charge in [-0.2, -0.15) is 0 Å². The standard InChI is InChI=1S/C14H16N2O/c1-15-9-10-17-14-6-4-12(5-7-14)13-3-2-8-16-11-13/h2-8,11,15H,9-10H2,1H3. The molecule has 0 aliphatic carbocycles. The second-order valence-electron chi connectivity index (χ2n) is 3.72. The van der Waals surface area contributed by atoms with Crippen LogP contribution in [0.1, 0.15) is 0 Å². The van der Waals surface area contributed by atoms with Gasteiger partial charge >= 0.3 is 0 Å². The minimum absolute atomic E-state index is 0.683. The van der Waals surface area contributed by atoms with E-state index in [4.69, 9.17) is 4.74 Å². The van der Waals surface area contributed by atoms with E-state index >= 15 is 0 Å².